The van der Waals surface area contributed by atoms with Crippen LogP contribution in [0.3, 0.4) is 0 Å². The van der Waals surface area contributed by atoms with Crippen molar-refractivity contribution in [3.05, 3.63) is 0 Å². The van der Waals surface area contributed by atoms with E-state index in [1.807, 2.05) is 0 Å². The number of ether oxygens (including phenoxy) is 1. The van der Waals surface area contributed by atoms with Crippen LogP contribution in [0.15, 0.2) is 0 Å². The van der Waals surface area contributed by atoms with E-state index in [0.717, 1.165) is 6.42 Å². The van der Waals surface area contributed by atoms with Gasteiger partial charge in [0.2, 0.25) is 0 Å². The highest BCUT2D eigenvalue weighted by atomic mass is 16.5. The molecule has 1 heterocycles. The van der Waals surface area contributed by atoms with E-state index in [2.05, 4.69) is 19.2 Å². The minimum atomic E-state index is 0.0666. The molecule has 1 aliphatic heterocycles. The van der Waals surface area contributed by atoms with Crippen molar-refractivity contribution in [1.82, 2.24) is 5.32 Å². The van der Waals surface area contributed by atoms with E-state index in [0.29, 0.717) is 12.1 Å². The molecule has 2 rings (SSSR count). The Kier molecular flexibility index (Phi) is 2.13. The summed E-state index contributed by atoms with van der Waals surface area (Å²) in [5.74, 6) is 0. The Hall–Kier alpha value is -0.0800. The molecule has 2 unspecified atom stereocenters. The third-order valence-electron chi connectivity index (χ3n) is 3.03. The zero-order valence-electron chi connectivity index (χ0n) is 8.10. The number of rotatable bonds is 0. The summed E-state index contributed by atoms with van der Waals surface area (Å²) in [5.41, 5.74) is 0.0666. The molecule has 1 spiro atoms. The molecule has 1 N–H and O–H groups in total. The SMILES string of the molecule is CC1CC(C)OC2(CCCC2)N1. The number of nitrogens with one attached hydrogen (secondary N) is 1. The molecule has 2 heteroatoms. The molecule has 0 aromatic carbocycles. The zero-order chi connectivity index (χ0) is 8.60. The summed E-state index contributed by atoms with van der Waals surface area (Å²) in [4.78, 5) is 0. The average molecular weight is 169 g/mol. The molecule has 2 fully saturated rings. The van der Waals surface area contributed by atoms with Gasteiger partial charge in [-0.1, -0.05) is 0 Å². The van der Waals surface area contributed by atoms with Crippen LogP contribution >= 0.6 is 0 Å². The van der Waals surface area contributed by atoms with E-state index in [9.17, 15) is 0 Å². The summed E-state index contributed by atoms with van der Waals surface area (Å²) in [6.07, 6.45) is 6.67. The molecule has 2 atom stereocenters. The summed E-state index contributed by atoms with van der Waals surface area (Å²) < 4.78 is 5.99. The normalized spacial score (nSPS) is 40.5. The van der Waals surface area contributed by atoms with Crippen molar-refractivity contribution in [2.24, 2.45) is 0 Å². The average Bonchev–Trinajstić information content (AvgIpc) is 2.33. The van der Waals surface area contributed by atoms with Gasteiger partial charge in [0.15, 0.2) is 0 Å². The molecule has 70 valence electrons. The van der Waals surface area contributed by atoms with Crippen LogP contribution in [0.5, 0.6) is 0 Å². The molecule has 12 heavy (non-hydrogen) atoms. The first-order chi connectivity index (χ1) is 5.70. The Morgan fingerprint density at radius 1 is 1.25 bits per heavy atom. The van der Waals surface area contributed by atoms with Crippen LogP contribution in [0, 0.1) is 0 Å². The lowest BCUT2D eigenvalue weighted by Gasteiger charge is -2.42. The highest BCUT2D eigenvalue weighted by Crippen LogP contribution is 2.35. The van der Waals surface area contributed by atoms with Crippen molar-refractivity contribution in [2.45, 2.75) is 63.8 Å². The van der Waals surface area contributed by atoms with E-state index in [1.54, 1.807) is 0 Å². The number of hydrogen-bond acceptors (Lipinski definition) is 2. The molecular weight excluding hydrogens is 150 g/mol. The van der Waals surface area contributed by atoms with Gasteiger partial charge in [-0.3, -0.25) is 5.32 Å². The van der Waals surface area contributed by atoms with Crippen LogP contribution in [0.4, 0.5) is 0 Å². The summed E-state index contributed by atoms with van der Waals surface area (Å²) in [6, 6.07) is 0.631. The van der Waals surface area contributed by atoms with Crippen LogP contribution in [0.2, 0.25) is 0 Å². The maximum atomic E-state index is 5.99. The second-order valence-electron chi connectivity index (χ2n) is 4.41. The molecule has 2 nitrogen and oxygen atoms in total. The topological polar surface area (TPSA) is 21.3 Å². The van der Waals surface area contributed by atoms with Gasteiger partial charge in [-0.2, -0.15) is 0 Å². The fourth-order valence-electron chi connectivity index (χ4n) is 2.68. The second kappa shape index (κ2) is 3.00. The van der Waals surface area contributed by atoms with Crippen LogP contribution in [0.25, 0.3) is 0 Å². The van der Waals surface area contributed by atoms with E-state index >= 15 is 0 Å². The quantitative estimate of drug-likeness (QED) is 0.599. The second-order valence-corrected chi connectivity index (χ2v) is 4.41. The summed E-state index contributed by atoms with van der Waals surface area (Å²) in [5, 5.41) is 3.60. The van der Waals surface area contributed by atoms with E-state index in [-0.39, 0.29) is 5.72 Å². The molecule has 1 aliphatic carbocycles. The van der Waals surface area contributed by atoms with Gasteiger partial charge in [-0.05, 0) is 46.0 Å². The molecule has 0 radical (unpaired) electrons. The fourth-order valence-corrected chi connectivity index (χ4v) is 2.68. The van der Waals surface area contributed by atoms with Crippen molar-refractivity contribution in [2.75, 3.05) is 0 Å². The van der Waals surface area contributed by atoms with Crippen LogP contribution in [0.1, 0.15) is 46.0 Å². The highest BCUT2D eigenvalue weighted by molar-refractivity contribution is 4.90. The third kappa shape index (κ3) is 1.50. The first kappa shape index (κ1) is 8.52. The Morgan fingerprint density at radius 2 is 1.92 bits per heavy atom. The molecule has 2 aliphatic rings. The van der Waals surface area contributed by atoms with Crippen molar-refractivity contribution in [1.29, 1.82) is 0 Å². The molecular formula is C10H19NO. The molecule has 0 bridgehead atoms. The Morgan fingerprint density at radius 3 is 2.50 bits per heavy atom. The summed E-state index contributed by atoms with van der Waals surface area (Å²) >= 11 is 0. The van der Waals surface area contributed by atoms with Gasteiger partial charge in [0.1, 0.15) is 5.72 Å². The molecule has 1 saturated carbocycles. The van der Waals surface area contributed by atoms with Gasteiger partial charge < -0.3 is 4.74 Å². The van der Waals surface area contributed by atoms with E-state index < -0.39 is 0 Å². The fraction of sp³-hybridized carbons (Fsp3) is 1.00. The first-order valence-corrected chi connectivity index (χ1v) is 5.16. The van der Waals surface area contributed by atoms with Crippen LogP contribution in [-0.4, -0.2) is 17.9 Å². The Bertz CT molecular complexity index is 151. The summed E-state index contributed by atoms with van der Waals surface area (Å²) in [6.45, 7) is 4.45. The maximum Gasteiger partial charge on any atom is 0.119 e. The van der Waals surface area contributed by atoms with Gasteiger partial charge in [0.05, 0.1) is 6.10 Å². The highest BCUT2D eigenvalue weighted by Gasteiger charge is 2.40. The van der Waals surface area contributed by atoms with Crippen molar-refractivity contribution in [3.63, 3.8) is 0 Å². The lowest BCUT2D eigenvalue weighted by molar-refractivity contribution is -0.143. The first-order valence-electron chi connectivity index (χ1n) is 5.16. The molecule has 1 saturated heterocycles. The molecule has 0 amide bonds. The third-order valence-corrected chi connectivity index (χ3v) is 3.03. The lowest BCUT2D eigenvalue weighted by atomic mass is 10.0. The van der Waals surface area contributed by atoms with Crippen LogP contribution < -0.4 is 5.32 Å². The lowest BCUT2D eigenvalue weighted by Crippen LogP contribution is -2.56. The zero-order valence-corrected chi connectivity index (χ0v) is 8.10. The van der Waals surface area contributed by atoms with Gasteiger partial charge >= 0.3 is 0 Å². The van der Waals surface area contributed by atoms with Gasteiger partial charge in [-0.15, -0.1) is 0 Å². The predicted octanol–water partition coefficient (Wildman–Crippen LogP) is 2.04. The Balaban J connectivity index is 2.04. The predicted molar refractivity (Wildman–Crippen MR) is 49.0 cm³/mol. The van der Waals surface area contributed by atoms with Crippen LogP contribution in [-0.2, 0) is 4.74 Å². The minimum absolute atomic E-state index is 0.0666. The van der Waals surface area contributed by atoms with Crippen molar-refractivity contribution >= 4 is 0 Å². The standard InChI is InChI=1S/C10H19NO/c1-8-7-9(2)12-10(11-8)5-3-4-6-10/h8-9,11H,3-7H2,1-2H3. The molecule has 0 aromatic heterocycles. The van der Waals surface area contributed by atoms with Crippen molar-refractivity contribution in [3.8, 4) is 0 Å². The van der Waals surface area contributed by atoms with E-state index in [4.69, 9.17) is 4.74 Å². The van der Waals surface area contributed by atoms with E-state index in [1.165, 1.54) is 25.7 Å². The van der Waals surface area contributed by atoms with Crippen molar-refractivity contribution < 1.29 is 4.74 Å². The van der Waals surface area contributed by atoms with Gasteiger partial charge in [0, 0.05) is 6.04 Å². The summed E-state index contributed by atoms with van der Waals surface area (Å²) in [7, 11) is 0. The largest absolute Gasteiger partial charge is 0.358 e. The smallest absolute Gasteiger partial charge is 0.119 e. The minimum Gasteiger partial charge on any atom is -0.358 e. The van der Waals surface area contributed by atoms with Gasteiger partial charge in [-0.25, -0.2) is 0 Å². The van der Waals surface area contributed by atoms with Gasteiger partial charge in [0.25, 0.3) is 0 Å². The maximum absolute atomic E-state index is 5.99. The number of hydrogen-bond donors (Lipinski definition) is 1. The molecule has 0 aromatic rings. The monoisotopic (exact) mass is 169 g/mol. The Labute approximate surface area is 74.7 Å².